The summed E-state index contributed by atoms with van der Waals surface area (Å²) in [5, 5.41) is 0. The first-order valence-electron chi connectivity index (χ1n) is 2.91. The minimum atomic E-state index is -6.34. The molecular weight excluding hydrogens is 293 g/mol. The Morgan fingerprint density at radius 2 is 1.31 bits per heavy atom. The van der Waals surface area contributed by atoms with Crippen molar-refractivity contribution in [2.75, 3.05) is 0 Å². The van der Waals surface area contributed by atoms with Crippen molar-refractivity contribution in [3.63, 3.8) is 0 Å². The third kappa shape index (κ3) is 5.30. The van der Waals surface area contributed by atoms with Gasteiger partial charge in [0.05, 0.1) is 0 Å². The highest BCUT2D eigenvalue weighted by atomic mass is 31.3. The van der Waals surface area contributed by atoms with Gasteiger partial charge in [0.1, 0.15) is 0 Å². The largest absolute Gasteiger partial charge is 0.486 e. The maximum absolute atomic E-state index is 12.0. The topological polar surface area (TPSA) is 113 Å². The van der Waals surface area contributed by atoms with Gasteiger partial charge in [0.15, 0.2) is 0 Å². The summed E-state index contributed by atoms with van der Waals surface area (Å²) in [5.41, 5.74) is 0. The molecule has 16 heavy (non-hydrogen) atoms. The third-order valence-electron chi connectivity index (χ3n) is 0.770. The summed E-state index contributed by atoms with van der Waals surface area (Å²) < 4.78 is 83.6. The Hall–Kier alpha value is -0.0900. The lowest BCUT2D eigenvalue weighted by molar-refractivity contribution is -0.364. The van der Waals surface area contributed by atoms with E-state index in [0.717, 1.165) is 0 Å². The fraction of sp³-hybridized carbons (Fsp3) is 1.00. The molecule has 0 aromatic rings. The molecule has 0 aliphatic carbocycles. The van der Waals surface area contributed by atoms with Crippen molar-refractivity contribution in [1.29, 1.82) is 0 Å². The second kappa shape index (κ2) is 4.30. The quantitative estimate of drug-likeness (QED) is 0.530. The lowest BCUT2D eigenvalue weighted by Crippen LogP contribution is -2.38. The first-order chi connectivity index (χ1) is 6.66. The van der Waals surface area contributed by atoms with E-state index in [1.54, 1.807) is 0 Å². The van der Waals surface area contributed by atoms with Crippen LogP contribution >= 0.6 is 15.6 Å². The maximum atomic E-state index is 12.0. The van der Waals surface area contributed by atoms with Crippen LogP contribution in [0.1, 0.15) is 0 Å². The molecule has 0 saturated heterocycles. The molecule has 0 fully saturated rings. The molecule has 0 aromatic heterocycles. The van der Waals surface area contributed by atoms with Gasteiger partial charge in [-0.1, -0.05) is 0 Å². The molecule has 0 saturated carbocycles. The first-order valence-corrected chi connectivity index (χ1v) is 5.94. The summed E-state index contributed by atoms with van der Waals surface area (Å²) in [4.78, 5) is 24.0. The van der Waals surface area contributed by atoms with Crippen LogP contribution in [-0.4, -0.2) is 27.0 Å². The van der Waals surface area contributed by atoms with Gasteiger partial charge in [-0.05, 0) is 0 Å². The van der Waals surface area contributed by atoms with Crippen molar-refractivity contribution < 1.29 is 54.6 Å². The number of hydrogen-bond donors (Lipinski definition) is 3. The molecule has 7 nitrogen and oxygen atoms in total. The van der Waals surface area contributed by atoms with Crippen LogP contribution in [0.5, 0.6) is 0 Å². The summed E-state index contributed by atoms with van der Waals surface area (Å²) in [7, 11) is -12.0. The fourth-order valence-corrected chi connectivity index (χ4v) is 1.95. The third-order valence-corrected chi connectivity index (χ3v) is 2.91. The van der Waals surface area contributed by atoms with E-state index in [0.29, 0.717) is 0 Å². The van der Waals surface area contributed by atoms with Crippen LogP contribution in [0.4, 0.5) is 22.0 Å². The predicted octanol–water partition coefficient (Wildman–Crippen LogP) is 1.37. The summed E-state index contributed by atoms with van der Waals surface area (Å²) in [6.07, 6.45) is -12.4. The van der Waals surface area contributed by atoms with Crippen LogP contribution in [0, 0.1) is 0 Å². The van der Waals surface area contributed by atoms with Gasteiger partial charge in [0.2, 0.25) is 0 Å². The highest BCUT2D eigenvalue weighted by Crippen LogP contribution is 2.61. The number of phosphoric acid groups is 2. The van der Waals surface area contributed by atoms with Crippen molar-refractivity contribution in [3.05, 3.63) is 0 Å². The summed E-state index contributed by atoms with van der Waals surface area (Å²) in [6, 6.07) is 0. The van der Waals surface area contributed by atoms with Gasteiger partial charge in [0.25, 0.3) is 0 Å². The van der Waals surface area contributed by atoms with Crippen LogP contribution in [0.15, 0.2) is 0 Å². The maximum Gasteiger partial charge on any atom is 0.486 e. The Morgan fingerprint density at radius 1 is 0.938 bits per heavy atom. The summed E-state index contributed by atoms with van der Waals surface area (Å²) in [5.74, 6) is 0. The Kier molecular flexibility index (Phi) is 4.27. The average molecular weight is 296 g/mol. The molecule has 0 amide bonds. The normalized spacial score (nSPS) is 18.2. The average Bonchev–Trinajstić information content (AvgIpc) is 1.72. The van der Waals surface area contributed by atoms with Crippen LogP contribution in [0.2, 0.25) is 0 Å². The molecule has 0 spiro atoms. The SMILES string of the molecule is O=P(O)(O)OP(=O)(O)OC(F)(F)C(F)(F)F. The monoisotopic (exact) mass is 296 g/mol. The highest BCUT2D eigenvalue weighted by Gasteiger charge is 2.63. The summed E-state index contributed by atoms with van der Waals surface area (Å²) >= 11 is 0. The minimum absolute atomic E-state index is 2.30. The molecule has 98 valence electrons. The Bertz CT molecular complexity index is 343. The standard InChI is InChI=1S/C2H3F5O7P2/c3-1(4,5)2(6,7)13-16(11,12)14-15(8,9)10/h(H,11,12)(H2,8,9,10). The number of rotatable bonds is 4. The van der Waals surface area contributed by atoms with E-state index in [1.165, 1.54) is 0 Å². The van der Waals surface area contributed by atoms with Gasteiger partial charge in [-0.3, -0.25) is 0 Å². The molecule has 0 heterocycles. The zero-order valence-corrected chi connectivity index (χ0v) is 8.55. The van der Waals surface area contributed by atoms with E-state index < -0.39 is 27.9 Å². The highest BCUT2D eigenvalue weighted by molar-refractivity contribution is 7.60. The lowest BCUT2D eigenvalue weighted by atomic mass is 10.6. The van der Waals surface area contributed by atoms with Crippen LogP contribution in [0.3, 0.4) is 0 Å². The van der Waals surface area contributed by atoms with Gasteiger partial charge >= 0.3 is 27.9 Å². The van der Waals surface area contributed by atoms with E-state index in [4.69, 9.17) is 14.7 Å². The molecule has 0 radical (unpaired) electrons. The van der Waals surface area contributed by atoms with Crippen molar-refractivity contribution in [3.8, 4) is 0 Å². The van der Waals surface area contributed by atoms with Crippen molar-refractivity contribution in [2.45, 2.75) is 12.3 Å². The number of phosphoric ester groups is 1. The molecule has 1 unspecified atom stereocenters. The molecule has 0 aliphatic rings. The van der Waals surface area contributed by atoms with Crippen molar-refractivity contribution >= 4 is 15.6 Å². The van der Waals surface area contributed by atoms with Gasteiger partial charge in [-0.2, -0.15) is 26.3 Å². The second-order valence-corrected chi connectivity index (χ2v) is 4.90. The van der Waals surface area contributed by atoms with Gasteiger partial charge in [0, 0.05) is 0 Å². The fourth-order valence-electron chi connectivity index (χ4n) is 0.348. The van der Waals surface area contributed by atoms with Gasteiger partial charge in [-0.15, -0.1) is 0 Å². The second-order valence-electron chi connectivity index (χ2n) is 2.15. The van der Waals surface area contributed by atoms with Crippen molar-refractivity contribution in [2.24, 2.45) is 0 Å². The molecule has 1 atom stereocenters. The Morgan fingerprint density at radius 3 is 1.56 bits per heavy atom. The summed E-state index contributed by atoms with van der Waals surface area (Å²) in [6.45, 7) is 0. The van der Waals surface area contributed by atoms with E-state index in [-0.39, 0.29) is 0 Å². The van der Waals surface area contributed by atoms with E-state index in [9.17, 15) is 31.1 Å². The molecule has 0 bridgehead atoms. The molecule has 3 N–H and O–H groups in total. The van der Waals surface area contributed by atoms with Crippen LogP contribution < -0.4 is 0 Å². The molecule has 0 rings (SSSR count). The zero-order valence-electron chi connectivity index (χ0n) is 6.76. The van der Waals surface area contributed by atoms with Crippen molar-refractivity contribution in [1.82, 2.24) is 0 Å². The molecule has 0 aliphatic heterocycles. The van der Waals surface area contributed by atoms with E-state index >= 15 is 0 Å². The predicted molar refractivity (Wildman–Crippen MR) is 35.0 cm³/mol. The van der Waals surface area contributed by atoms with Crippen LogP contribution in [-0.2, 0) is 18.0 Å². The lowest BCUT2D eigenvalue weighted by Gasteiger charge is -2.21. The van der Waals surface area contributed by atoms with Crippen LogP contribution in [0.25, 0.3) is 0 Å². The smallest absolute Gasteiger partial charge is 0.302 e. The number of halogens is 5. The van der Waals surface area contributed by atoms with E-state index in [1.807, 2.05) is 0 Å². The first kappa shape index (κ1) is 15.9. The molecule has 14 heteroatoms. The van der Waals surface area contributed by atoms with E-state index in [2.05, 4.69) is 8.83 Å². The molecule has 0 aromatic carbocycles. The number of alkyl halides is 5. The zero-order chi connectivity index (χ0) is 13.4. The Labute approximate surface area is 83.6 Å². The van der Waals surface area contributed by atoms with Gasteiger partial charge in [-0.25, -0.2) is 13.7 Å². The molecular formula is C2H3F5O7P2. The Balaban J connectivity index is 4.86. The number of hydrogen-bond acceptors (Lipinski definition) is 4. The van der Waals surface area contributed by atoms with Gasteiger partial charge < -0.3 is 14.7 Å². The minimum Gasteiger partial charge on any atom is -0.302 e.